The maximum atomic E-state index is 5.70. The minimum Gasteiger partial charge on any atom is -0.382 e. The van der Waals surface area contributed by atoms with Crippen LogP contribution in [0.3, 0.4) is 0 Å². The quantitative estimate of drug-likeness (QED) is 0.402. The van der Waals surface area contributed by atoms with Crippen molar-refractivity contribution in [1.29, 1.82) is 0 Å². The molecule has 1 unspecified atom stereocenters. The van der Waals surface area contributed by atoms with Gasteiger partial charge in [-0.15, -0.1) is 24.0 Å². The summed E-state index contributed by atoms with van der Waals surface area (Å²) >= 11 is 0. The highest BCUT2D eigenvalue weighted by Gasteiger charge is 2.22. The fourth-order valence-corrected chi connectivity index (χ4v) is 2.81. The fraction of sp³-hybridized carbons (Fsp3) is 0.471. The van der Waals surface area contributed by atoms with Gasteiger partial charge < -0.3 is 19.7 Å². The predicted molar refractivity (Wildman–Crippen MR) is 110 cm³/mol. The van der Waals surface area contributed by atoms with Crippen LogP contribution in [0, 0.1) is 0 Å². The Morgan fingerprint density at radius 3 is 3.08 bits per heavy atom. The van der Waals surface area contributed by atoms with Crippen molar-refractivity contribution in [3.05, 3.63) is 42.4 Å². The van der Waals surface area contributed by atoms with Gasteiger partial charge in [-0.3, -0.25) is 4.99 Å². The third-order valence-corrected chi connectivity index (χ3v) is 4.00. The van der Waals surface area contributed by atoms with Crippen molar-refractivity contribution in [2.45, 2.75) is 12.6 Å². The van der Waals surface area contributed by atoms with Gasteiger partial charge in [0.25, 0.3) is 0 Å². The highest BCUT2D eigenvalue weighted by molar-refractivity contribution is 14.0. The van der Waals surface area contributed by atoms with Crippen LogP contribution in [0.2, 0.25) is 0 Å². The summed E-state index contributed by atoms with van der Waals surface area (Å²) in [5.74, 6) is 1.66. The number of nitrogens with one attached hydrogen (secondary N) is 1. The number of aromatic nitrogens is 3. The number of ether oxygens (including phenoxy) is 2. The first-order valence-electron chi connectivity index (χ1n) is 8.31. The Hall–Kier alpha value is -1.72. The standard InChI is InChI=1S/C17H24N6O2.HI/c1-18-17(22-8-9-25-15(12-22)13-24-2)20-11-14-4-6-19-16(10-14)23-7-3-5-21-23;/h3-7,10,15H,8-9,11-13H2,1-2H3,(H,18,20);1H. The zero-order chi connectivity index (χ0) is 17.5. The average Bonchev–Trinajstić information content (AvgIpc) is 3.18. The van der Waals surface area contributed by atoms with Crippen LogP contribution in [-0.2, 0) is 16.0 Å². The third kappa shape index (κ3) is 5.39. The molecule has 0 radical (unpaired) electrons. The van der Waals surface area contributed by atoms with E-state index in [1.807, 2.05) is 24.4 Å². The van der Waals surface area contributed by atoms with Crippen molar-refractivity contribution in [2.75, 3.05) is 40.5 Å². The summed E-state index contributed by atoms with van der Waals surface area (Å²) in [5.41, 5.74) is 1.11. The van der Waals surface area contributed by atoms with E-state index in [9.17, 15) is 0 Å². The Kier molecular flexibility index (Phi) is 8.26. The number of methoxy groups -OCH3 is 1. The molecule has 3 heterocycles. The minimum absolute atomic E-state index is 0. The van der Waals surface area contributed by atoms with E-state index in [4.69, 9.17) is 9.47 Å². The van der Waals surface area contributed by atoms with Gasteiger partial charge in [0.2, 0.25) is 0 Å². The number of guanidine groups is 1. The van der Waals surface area contributed by atoms with Gasteiger partial charge in [0.05, 0.1) is 19.3 Å². The topological polar surface area (TPSA) is 76.8 Å². The minimum atomic E-state index is 0. The number of nitrogens with zero attached hydrogens (tertiary/aromatic N) is 5. The van der Waals surface area contributed by atoms with E-state index >= 15 is 0 Å². The zero-order valence-electron chi connectivity index (χ0n) is 15.0. The predicted octanol–water partition coefficient (Wildman–Crippen LogP) is 1.31. The van der Waals surface area contributed by atoms with Crippen LogP contribution in [0.5, 0.6) is 0 Å². The lowest BCUT2D eigenvalue weighted by molar-refractivity contribution is -0.0447. The Morgan fingerprint density at radius 1 is 1.46 bits per heavy atom. The molecular weight excluding hydrogens is 447 g/mol. The molecule has 0 spiro atoms. The zero-order valence-corrected chi connectivity index (χ0v) is 17.4. The molecule has 2 aromatic rings. The Balaban J connectivity index is 0.00000243. The molecule has 9 heteroatoms. The first-order valence-corrected chi connectivity index (χ1v) is 8.31. The molecule has 1 aliphatic rings. The van der Waals surface area contributed by atoms with Gasteiger partial charge in [0, 0.05) is 52.4 Å². The lowest BCUT2D eigenvalue weighted by atomic mass is 10.2. The number of hydrogen-bond acceptors (Lipinski definition) is 5. The summed E-state index contributed by atoms with van der Waals surface area (Å²) < 4.78 is 12.6. The first-order chi connectivity index (χ1) is 12.3. The fourth-order valence-electron chi connectivity index (χ4n) is 2.81. The molecule has 1 fully saturated rings. The van der Waals surface area contributed by atoms with Crippen molar-refractivity contribution < 1.29 is 9.47 Å². The number of aliphatic imine (C=N–C) groups is 1. The molecule has 142 valence electrons. The Bertz CT molecular complexity index is 692. The number of pyridine rings is 1. The van der Waals surface area contributed by atoms with Crippen LogP contribution in [0.4, 0.5) is 0 Å². The van der Waals surface area contributed by atoms with Crippen molar-refractivity contribution in [3.63, 3.8) is 0 Å². The van der Waals surface area contributed by atoms with Gasteiger partial charge in [-0.2, -0.15) is 5.10 Å². The second kappa shape index (κ2) is 10.4. The molecule has 2 aromatic heterocycles. The number of hydrogen-bond donors (Lipinski definition) is 1. The molecule has 0 bridgehead atoms. The lowest BCUT2D eigenvalue weighted by Crippen LogP contribution is -2.51. The lowest BCUT2D eigenvalue weighted by Gasteiger charge is -2.34. The van der Waals surface area contributed by atoms with Crippen LogP contribution >= 0.6 is 24.0 Å². The molecule has 1 aliphatic heterocycles. The van der Waals surface area contributed by atoms with Gasteiger partial charge in [0.1, 0.15) is 0 Å². The SMILES string of the molecule is CN=C(NCc1ccnc(-n2cccn2)c1)N1CCOC(COC)C1.I. The summed E-state index contributed by atoms with van der Waals surface area (Å²) in [6.07, 6.45) is 5.48. The molecule has 26 heavy (non-hydrogen) atoms. The maximum absolute atomic E-state index is 5.70. The van der Waals surface area contributed by atoms with E-state index in [1.165, 1.54) is 0 Å². The van der Waals surface area contributed by atoms with Gasteiger partial charge in [-0.25, -0.2) is 9.67 Å². The molecule has 8 nitrogen and oxygen atoms in total. The normalized spacial score (nSPS) is 17.7. The summed E-state index contributed by atoms with van der Waals surface area (Å²) in [7, 11) is 3.49. The molecule has 1 saturated heterocycles. The maximum Gasteiger partial charge on any atom is 0.194 e. The van der Waals surface area contributed by atoms with Gasteiger partial charge in [-0.1, -0.05) is 0 Å². The van der Waals surface area contributed by atoms with Gasteiger partial charge in [-0.05, 0) is 23.8 Å². The molecular formula is C17H25IN6O2. The van der Waals surface area contributed by atoms with E-state index in [2.05, 4.69) is 25.3 Å². The second-order valence-corrected chi connectivity index (χ2v) is 5.77. The largest absolute Gasteiger partial charge is 0.382 e. The van der Waals surface area contributed by atoms with Crippen molar-refractivity contribution in [3.8, 4) is 5.82 Å². The first kappa shape index (κ1) is 20.6. The van der Waals surface area contributed by atoms with E-state index in [0.717, 1.165) is 30.4 Å². The van der Waals surface area contributed by atoms with Gasteiger partial charge in [0.15, 0.2) is 11.8 Å². The van der Waals surface area contributed by atoms with Crippen molar-refractivity contribution >= 4 is 29.9 Å². The smallest absolute Gasteiger partial charge is 0.194 e. The monoisotopic (exact) mass is 472 g/mol. The van der Waals surface area contributed by atoms with Crippen LogP contribution in [-0.4, -0.2) is 72.2 Å². The number of rotatable bonds is 5. The molecule has 0 amide bonds. The molecule has 1 atom stereocenters. The van der Waals surface area contributed by atoms with E-state index in [0.29, 0.717) is 19.8 Å². The van der Waals surface area contributed by atoms with Crippen molar-refractivity contribution in [1.82, 2.24) is 25.0 Å². The Morgan fingerprint density at radius 2 is 2.35 bits per heavy atom. The molecule has 0 aliphatic carbocycles. The second-order valence-electron chi connectivity index (χ2n) is 5.77. The average molecular weight is 472 g/mol. The van der Waals surface area contributed by atoms with Crippen LogP contribution < -0.4 is 5.32 Å². The van der Waals surface area contributed by atoms with Crippen LogP contribution in [0.25, 0.3) is 5.82 Å². The van der Waals surface area contributed by atoms with Crippen LogP contribution in [0.15, 0.2) is 41.8 Å². The Labute approximate surface area is 170 Å². The van der Waals surface area contributed by atoms with Crippen LogP contribution in [0.1, 0.15) is 5.56 Å². The van der Waals surface area contributed by atoms with Crippen molar-refractivity contribution in [2.24, 2.45) is 4.99 Å². The highest BCUT2D eigenvalue weighted by Crippen LogP contribution is 2.08. The molecule has 0 aromatic carbocycles. The van der Waals surface area contributed by atoms with E-state index in [1.54, 1.807) is 31.2 Å². The van der Waals surface area contributed by atoms with E-state index in [-0.39, 0.29) is 30.1 Å². The summed E-state index contributed by atoms with van der Waals surface area (Å²) in [5, 5.41) is 7.63. The summed E-state index contributed by atoms with van der Waals surface area (Å²) in [4.78, 5) is 10.9. The number of morpholine rings is 1. The van der Waals surface area contributed by atoms with Gasteiger partial charge >= 0.3 is 0 Å². The summed E-state index contributed by atoms with van der Waals surface area (Å²) in [6, 6.07) is 5.88. The number of halogens is 1. The molecule has 0 saturated carbocycles. The highest BCUT2D eigenvalue weighted by atomic mass is 127. The summed E-state index contributed by atoms with van der Waals surface area (Å²) in [6.45, 7) is 3.51. The van der Waals surface area contributed by atoms with E-state index < -0.39 is 0 Å². The molecule has 3 rings (SSSR count). The third-order valence-electron chi connectivity index (χ3n) is 4.00. The molecule has 1 N–H and O–H groups in total.